The first kappa shape index (κ1) is 13.0. The molecule has 1 fully saturated rings. The molecule has 2 aliphatic rings. The summed E-state index contributed by atoms with van der Waals surface area (Å²) in [5.41, 5.74) is 0.912. The Morgan fingerprint density at radius 2 is 2.10 bits per heavy atom. The fourth-order valence-electron chi connectivity index (χ4n) is 2.97. The highest BCUT2D eigenvalue weighted by molar-refractivity contribution is 5.86. The summed E-state index contributed by atoms with van der Waals surface area (Å²) in [6, 6.07) is 7.54. The lowest BCUT2D eigenvalue weighted by atomic mass is 9.94. The Balaban J connectivity index is 1.75. The van der Waals surface area contributed by atoms with Crippen molar-refractivity contribution in [3.63, 3.8) is 0 Å². The van der Waals surface area contributed by atoms with Crippen molar-refractivity contribution in [3.8, 4) is 5.75 Å². The number of carboxylic acid groups (broad SMARTS) is 1. The topological polar surface area (TPSA) is 66.8 Å². The predicted octanol–water partition coefficient (Wildman–Crippen LogP) is 1.49. The van der Waals surface area contributed by atoms with E-state index >= 15 is 0 Å². The molecule has 0 bridgehead atoms. The minimum absolute atomic E-state index is 0.0131. The molecule has 5 nitrogen and oxygen atoms in total. The Bertz CT molecular complexity index is 542. The number of amides is 1. The summed E-state index contributed by atoms with van der Waals surface area (Å²) in [7, 11) is 0. The molecule has 0 spiro atoms. The fourth-order valence-corrected chi connectivity index (χ4v) is 2.97. The second kappa shape index (κ2) is 5.15. The zero-order valence-corrected chi connectivity index (χ0v) is 11.1. The van der Waals surface area contributed by atoms with Gasteiger partial charge in [-0.15, -0.1) is 0 Å². The summed E-state index contributed by atoms with van der Waals surface area (Å²) in [5.74, 6) is -0.798. The molecule has 1 aromatic carbocycles. The lowest BCUT2D eigenvalue weighted by Gasteiger charge is -2.32. The number of para-hydroxylation sites is 1. The molecule has 1 N–H and O–H groups in total. The minimum atomic E-state index is -0.814. The van der Waals surface area contributed by atoms with Crippen molar-refractivity contribution in [1.82, 2.24) is 4.90 Å². The van der Waals surface area contributed by atoms with Crippen molar-refractivity contribution in [2.75, 3.05) is 19.7 Å². The summed E-state index contributed by atoms with van der Waals surface area (Å²) in [6.45, 7) is 1.31. The molecule has 106 valence electrons. The van der Waals surface area contributed by atoms with Gasteiger partial charge in [-0.3, -0.25) is 9.59 Å². The lowest BCUT2D eigenvalue weighted by molar-refractivity contribution is -0.146. The van der Waals surface area contributed by atoms with Gasteiger partial charge in [0.25, 0.3) is 0 Å². The van der Waals surface area contributed by atoms with Gasteiger partial charge in [0.1, 0.15) is 18.3 Å². The van der Waals surface area contributed by atoms with Gasteiger partial charge in [-0.05, 0) is 18.9 Å². The summed E-state index contributed by atoms with van der Waals surface area (Å²) in [6.07, 6.45) is 1.40. The molecule has 20 heavy (non-hydrogen) atoms. The average Bonchev–Trinajstić information content (AvgIpc) is 2.90. The number of hydrogen-bond acceptors (Lipinski definition) is 3. The van der Waals surface area contributed by atoms with Crippen LogP contribution in [0.15, 0.2) is 24.3 Å². The van der Waals surface area contributed by atoms with E-state index in [0.29, 0.717) is 26.1 Å². The highest BCUT2D eigenvalue weighted by Gasteiger charge is 2.36. The number of hydrogen-bond donors (Lipinski definition) is 1. The third kappa shape index (κ3) is 2.24. The number of benzene rings is 1. The summed E-state index contributed by atoms with van der Waals surface area (Å²) in [5, 5.41) is 9.10. The van der Waals surface area contributed by atoms with Crippen molar-refractivity contribution in [3.05, 3.63) is 29.8 Å². The summed E-state index contributed by atoms with van der Waals surface area (Å²) >= 11 is 0. The maximum Gasteiger partial charge on any atom is 0.308 e. The Morgan fingerprint density at radius 1 is 1.30 bits per heavy atom. The molecule has 5 heteroatoms. The predicted molar refractivity (Wildman–Crippen MR) is 71.6 cm³/mol. The Kier molecular flexibility index (Phi) is 3.34. The van der Waals surface area contributed by atoms with Crippen LogP contribution >= 0.6 is 0 Å². The average molecular weight is 275 g/mol. The van der Waals surface area contributed by atoms with Crippen molar-refractivity contribution in [2.24, 2.45) is 5.92 Å². The normalized spacial score (nSPS) is 24.9. The zero-order chi connectivity index (χ0) is 14.1. The number of rotatable bonds is 2. The molecule has 3 rings (SSSR count). The van der Waals surface area contributed by atoms with Crippen LogP contribution in [-0.2, 0) is 9.59 Å². The van der Waals surface area contributed by atoms with E-state index in [2.05, 4.69) is 0 Å². The van der Waals surface area contributed by atoms with Gasteiger partial charge in [-0.2, -0.15) is 0 Å². The first-order valence-electron chi connectivity index (χ1n) is 6.90. The van der Waals surface area contributed by atoms with Crippen LogP contribution in [0.5, 0.6) is 5.75 Å². The highest BCUT2D eigenvalue weighted by atomic mass is 16.5. The van der Waals surface area contributed by atoms with E-state index in [4.69, 9.17) is 9.84 Å². The van der Waals surface area contributed by atoms with Gasteiger partial charge in [0.2, 0.25) is 5.91 Å². The number of aliphatic carboxylic acids is 1. The number of fused-ring (bicyclic) bond motifs is 1. The largest absolute Gasteiger partial charge is 0.492 e. The molecular weight excluding hydrogens is 258 g/mol. The number of nitrogens with zero attached hydrogens (tertiary/aromatic N) is 1. The SMILES string of the molecule is O=C(O)[C@H]1CCCN(C(=O)[C@@H]2COc3ccccc32)C1. The van der Waals surface area contributed by atoms with Gasteiger partial charge >= 0.3 is 5.97 Å². The quantitative estimate of drug-likeness (QED) is 0.888. The Labute approximate surface area is 117 Å². The molecule has 0 aromatic heterocycles. The van der Waals surface area contributed by atoms with Crippen molar-refractivity contribution in [2.45, 2.75) is 18.8 Å². The van der Waals surface area contributed by atoms with E-state index in [1.54, 1.807) is 4.90 Å². The number of piperidine rings is 1. The number of carboxylic acids is 1. The van der Waals surface area contributed by atoms with E-state index in [-0.39, 0.29) is 11.8 Å². The molecule has 2 atom stereocenters. The second-order valence-electron chi connectivity index (χ2n) is 5.36. The Hall–Kier alpha value is -2.04. The second-order valence-corrected chi connectivity index (χ2v) is 5.36. The van der Waals surface area contributed by atoms with Crippen molar-refractivity contribution < 1.29 is 19.4 Å². The third-order valence-electron chi connectivity index (χ3n) is 4.08. The highest BCUT2D eigenvalue weighted by Crippen LogP contribution is 2.35. The summed E-state index contributed by atoms with van der Waals surface area (Å²) in [4.78, 5) is 25.3. The van der Waals surface area contributed by atoms with Crippen LogP contribution in [0.2, 0.25) is 0 Å². The maximum absolute atomic E-state index is 12.6. The van der Waals surface area contributed by atoms with Crippen LogP contribution in [-0.4, -0.2) is 41.6 Å². The van der Waals surface area contributed by atoms with E-state index in [1.807, 2.05) is 24.3 Å². The number of carbonyl (C=O) groups excluding carboxylic acids is 1. The molecule has 1 amide bonds. The smallest absolute Gasteiger partial charge is 0.308 e. The molecule has 0 unspecified atom stereocenters. The Morgan fingerprint density at radius 3 is 2.90 bits per heavy atom. The first-order chi connectivity index (χ1) is 9.66. The molecule has 1 aromatic rings. The molecule has 0 saturated carbocycles. The fraction of sp³-hybridized carbons (Fsp3) is 0.467. The van der Waals surface area contributed by atoms with Crippen LogP contribution < -0.4 is 4.74 Å². The molecule has 1 saturated heterocycles. The number of likely N-dealkylation sites (tertiary alicyclic amines) is 1. The molecule has 2 aliphatic heterocycles. The number of carbonyl (C=O) groups is 2. The third-order valence-corrected chi connectivity index (χ3v) is 4.08. The van der Waals surface area contributed by atoms with Gasteiger partial charge in [0.05, 0.1) is 5.92 Å². The van der Waals surface area contributed by atoms with Crippen LogP contribution in [0, 0.1) is 5.92 Å². The van der Waals surface area contributed by atoms with Gasteiger partial charge in [-0.25, -0.2) is 0 Å². The van der Waals surface area contributed by atoms with Crippen molar-refractivity contribution >= 4 is 11.9 Å². The zero-order valence-electron chi connectivity index (χ0n) is 11.1. The van der Waals surface area contributed by atoms with Gasteiger partial charge in [0, 0.05) is 18.7 Å². The van der Waals surface area contributed by atoms with Crippen LogP contribution in [0.3, 0.4) is 0 Å². The maximum atomic E-state index is 12.6. The van der Waals surface area contributed by atoms with E-state index in [9.17, 15) is 9.59 Å². The van der Waals surface area contributed by atoms with E-state index in [1.165, 1.54) is 0 Å². The van der Waals surface area contributed by atoms with E-state index in [0.717, 1.165) is 17.7 Å². The molecule has 2 heterocycles. The van der Waals surface area contributed by atoms with Crippen LogP contribution in [0.25, 0.3) is 0 Å². The van der Waals surface area contributed by atoms with E-state index < -0.39 is 11.9 Å². The minimum Gasteiger partial charge on any atom is -0.492 e. The molecular formula is C15H17NO4. The standard InChI is InChI=1S/C15H17NO4/c17-14(16-7-3-4-10(8-16)15(18)19)12-9-20-13-6-2-1-5-11(12)13/h1-2,5-6,10,12H,3-4,7-9H2,(H,18,19)/t10-,12+/m0/s1. The monoisotopic (exact) mass is 275 g/mol. The van der Waals surface area contributed by atoms with Gasteiger partial charge < -0.3 is 14.7 Å². The summed E-state index contributed by atoms with van der Waals surface area (Å²) < 4.78 is 5.53. The lowest BCUT2D eigenvalue weighted by Crippen LogP contribution is -2.44. The van der Waals surface area contributed by atoms with Gasteiger partial charge in [0.15, 0.2) is 0 Å². The van der Waals surface area contributed by atoms with Crippen LogP contribution in [0.1, 0.15) is 24.3 Å². The number of ether oxygens (including phenoxy) is 1. The first-order valence-corrected chi connectivity index (χ1v) is 6.90. The van der Waals surface area contributed by atoms with Crippen molar-refractivity contribution in [1.29, 1.82) is 0 Å². The van der Waals surface area contributed by atoms with Crippen LogP contribution in [0.4, 0.5) is 0 Å². The molecule has 0 radical (unpaired) electrons. The molecule has 0 aliphatic carbocycles. The van der Waals surface area contributed by atoms with Gasteiger partial charge in [-0.1, -0.05) is 18.2 Å².